The molecule has 0 saturated carbocycles. The van der Waals surface area contributed by atoms with Crippen LogP contribution in [0.3, 0.4) is 0 Å². The summed E-state index contributed by atoms with van der Waals surface area (Å²) in [5.41, 5.74) is 0.109. The Balaban J connectivity index is 2.74. The molecule has 0 aliphatic heterocycles. The molecule has 0 heterocycles. The highest BCUT2D eigenvalue weighted by molar-refractivity contribution is 9.10. The third-order valence-electron chi connectivity index (χ3n) is 2.51. The summed E-state index contributed by atoms with van der Waals surface area (Å²) >= 11 is 2.94. The number of halogens is 2. The Bertz CT molecular complexity index is 438. The summed E-state index contributed by atoms with van der Waals surface area (Å²) in [7, 11) is 0. The number of nitro benzene ring substituents is 1. The predicted octanol–water partition coefficient (Wildman–Crippen LogP) is 4.34. The van der Waals surface area contributed by atoms with Gasteiger partial charge in [-0.1, -0.05) is 13.8 Å². The Morgan fingerprint density at radius 2 is 2.17 bits per heavy atom. The summed E-state index contributed by atoms with van der Waals surface area (Å²) in [5.74, 6) is 0.0791. The van der Waals surface area contributed by atoms with Crippen molar-refractivity contribution in [1.29, 1.82) is 0 Å². The number of rotatable bonds is 6. The molecule has 0 saturated heterocycles. The van der Waals surface area contributed by atoms with Gasteiger partial charge in [0.15, 0.2) is 0 Å². The summed E-state index contributed by atoms with van der Waals surface area (Å²) in [6, 6.07) is 2.33. The maximum Gasteiger partial charge on any atom is 0.293 e. The van der Waals surface area contributed by atoms with Gasteiger partial charge in [0.25, 0.3) is 5.69 Å². The highest BCUT2D eigenvalue weighted by Gasteiger charge is 2.17. The first-order valence-electron chi connectivity index (χ1n) is 5.79. The van der Waals surface area contributed by atoms with Gasteiger partial charge in [-0.05, 0) is 34.7 Å². The first kappa shape index (κ1) is 14.9. The van der Waals surface area contributed by atoms with Crippen molar-refractivity contribution in [3.63, 3.8) is 0 Å². The second-order valence-corrected chi connectivity index (χ2v) is 5.36. The molecule has 4 nitrogen and oxygen atoms in total. The monoisotopic (exact) mass is 318 g/mol. The minimum Gasteiger partial charge on any atom is -0.379 e. The largest absolute Gasteiger partial charge is 0.379 e. The smallest absolute Gasteiger partial charge is 0.293 e. The molecule has 0 bridgehead atoms. The van der Waals surface area contributed by atoms with E-state index in [1.807, 2.05) is 0 Å². The third kappa shape index (κ3) is 4.25. The lowest BCUT2D eigenvalue weighted by Crippen LogP contribution is -2.06. The van der Waals surface area contributed by atoms with Gasteiger partial charge in [-0.2, -0.15) is 0 Å². The van der Waals surface area contributed by atoms with Crippen LogP contribution < -0.4 is 5.32 Å². The molecular formula is C12H16BrFN2O2. The molecule has 0 radical (unpaired) electrons. The van der Waals surface area contributed by atoms with Gasteiger partial charge < -0.3 is 5.32 Å². The van der Waals surface area contributed by atoms with E-state index >= 15 is 0 Å². The fourth-order valence-corrected chi connectivity index (χ4v) is 1.89. The molecule has 0 atom stereocenters. The summed E-state index contributed by atoms with van der Waals surface area (Å²) in [6.07, 6.45) is 1.92. The van der Waals surface area contributed by atoms with E-state index in [1.54, 1.807) is 0 Å². The Morgan fingerprint density at radius 3 is 2.72 bits per heavy atom. The first-order chi connectivity index (χ1) is 8.41. The van der Waals surface area contributed by atoms with Gasteiger partial charge in [0.2, 0.25) is 0 Å². The van der Waals surface area contributed by atoms with E-state index in [4.69, 9.17) is 0 Å². The van der Waals surface area contributed by atoms with Crippen molar-refractivity contribution in [2.75, 3.05) is 11.9 Å². The van der Waals surface area contributed by atoms with E-state index in [0.29, 0.717) is 12.5 Å². The van der Waals surface area contributed by atoms with Gasteiger partial charge in [-0.3, -0.25) is 10.1 Å². The molecule has 0 fully saturated rings. The Morgan fingerprint density at radius 1 is 1.50 bits per heavy atom. The minimum atomic E-state index is -0.519. The predicted molar refractivity (Wildman–Crippen MR) is 73.3 cm³/mol. The number of nitro groups is 1. The number of hydrogen-bond donors (Lipinski definition) is 1. The van der Waals surface area contributed by atoms with Gasteiger partial charge in [0.1, 0.15) is 11.5 Å². The average molecular weight is 319 g/mol. The second-order valence-electron chi connectivity index (χ2n) is 4.50. The van der Waals surface area contributed by atoms with E-state index in [-0.39, 0.29) is 15.8 Å². The highest BCUT2D eigenvalue weighted by Crippen LogP contribution is 2.30. The van der Waals surface area contributed by atoms with Crippen molar-refractivity contribution in [2.24, 2.45) is 5.92 Å². The van der Waals surface area contributed by atoms with Crippen molar-refractivity contribution in [1.82, 2.24) is 0 Å². The molecule has 0 aliphatic rings. The molecule has 100 valence electrons. The molecule has 0 unspecified atom stereocenters. The van der Waals surface area contributed by atoms with Gasteiger partial charge in [0, 0.05) is 18.7 Å². The maximum atomic E-state index is 13.4. The molecule has 1 aromatic carbocycles. The molecule has 18 heavy (non-hydrogen) atoms. The summed E-state index contributed by atoms with van der Waals surface area (Å²) in [5, 5.41) is 13.8. The van der Waals surface area contributed by atoms with Gasteiger partial charge >= 0.3 is 0 Å². The summed E-state index contributed by atoms with van der Waals surface area (Å²) in [4.78, 5) is 10.3. The quantitative estimate of drug-likeness (QED) is 0.482. The van der Waals surface area contributed by atoms with Crippen molar-refractivity contribution >= 4 is 27.3 Å². The van der Waals surface area contributed by atoms with Crippen LogP contribution in [-0.2, 0) is 0 Å². The molecule has 0 amide bonds. The second kappa shape index (κ2) is 6.68. The van der Waals surface area contributed by atoms with E-state index in [2.05, 4.69) is 35.1 Å². The number of anilines is 1. The van der Waals surface area contributed by atoms with Crippen LogP contribution in [0, 0.1) is 21.8 Å². The van der Waals surface area contributed by atoms with Crippen LogP contribution in [0.15, 0.2) is 16.6 Å². The van der Waals surface area contributed by atoms with Crippen molar-refractivity contribution in [3.8, 4) is 0 Å². The van der Waals surface area contributed by atoms with Gasteiger partial charge in [-0.15, -0.1) is 0 Å². The molecule has 1 rings (SSSR count). The van der Waals surface area contributed by atoms with Crippen LogP contribution in [-0.4, -0.2) is 11.5 Å². The summed E-state index contributed by atoms with van der Waals surface area (Å²) < 4.78 is 13.4. The zero-order valence-electron chi connectivity index (χ0n) is 10.4. The van der Waals surface area contributed by atoms with Crippen LogP contribution in [0.5, 0.6) is 0 Å². The Kier molecular flexibility index (Phi) is 5.53. The lowest BCUT2D eigenvalue weighted by molar-refractivity contribution is -0.384. The summed E-state index contributed by atoms with van der Waals surface area (Å²) in [6.45, 7) is 4.82. The molecule has 1 N–H and O–H groups in total. The van der Waals surface area contributed by atoms with Crippen LogP contribution >= 0.6 is 15.9 Å². The van der Waals surface area contributed by atoms with E-state index in [9.17, 15) is 14.5 Å². The molecular weight excluding hydrogens is 303 g/mol. The number of nitrogens with zero attached hydrogens (tertiary/aromatic N) is 1. The lowest BCUT2D eigenvalue weighted by atomic mass is 10.1. The van der Waals surface area contributed by atoms with Crippen LogP contribution in [0.2, 0.25) is 0 Å². The molecule has 1 aromatic rings. The first-order valence-corrected chi connectivity index (χ1v) is 6.58. The lowest BCUT2D eigenvalue weighted by Gasteiger charge is -2.09. The van der Waals surface area contributed by atoms with E-state index in [0.717, 1.165) is 18.9 Å². The van der Waals surface area contributed by atoms with E-state index in [1.165, 1.54) is 6.07 Å². The molecule has 0 aliphatic carbocycles. The number of benzene rings is 1. The van der Waals surface area contributed by atoms with Crippen molar-refractivity contribution in [3.05, 3.63) is 32.5 Å². The van der Waals surface area contributed by atoms with E-state index < -0.39 is 10.7 Å². The van der Waals surface area contributed by atoms with Gasteiger partial charge in [0.05, 0.1) is 9.40 Å². The Hall–Kier alpha value is -1.17. The number of nitrogens with one attached hydrogen (secondary N) is 1. The molecule has 0 spiro atoms. The SMILES string of the molecule is CC(C)CCCNc1cc(F)c(Br)cc1[N+](=O)[O-]. The van der Waals surface area contributed by atoms with Crippen LogP contribution in [0.25, 0.3) is 0 Å². The average Bonchev–Trinajstić information content (AvgIpc) is 2.28. The van der Waals surface area contributed by atoms with Crippen LogP contribution in [0.4, 0.5) is 15.8 Å². The standard InChI is InChI=1S/C12H16BrFN2O2/c1-8(2)4-3-5-15-11-7-10(14)9(13)6-12(11)16(17)18/h6-8,15H,3-5H2,1-2H3. The fourth-order valence-electron chi connectivity index (χ4n) is 1.56. The van der Waals surface area contributed by atoms with Crippen LogP contribution in [0.1, 0.15) is 26.7 Å². The van der Waals surface area contributed by atoms with Gasteiger partial charge in [-0.25, -0.2) is 4.39 Å². The van der Waals surface area contributed by atoms with Crippen molar-refractivity contribution in [2.45, 2.75) is 26.7 Å². The zero-order valence-corrected chi connectivity index (χ0v) is 12.0. The maximum absolute atomic E-state index is 13.4. The minimum absolute atomic E-state index is 0.0990. The normalized spacial score (nSPS) is 10.7. The highest BCUT2D eigenvalue weighted by atomic mass is 79.9. The Labute approximate surface area is 114 Å². The molecule has 0 aromatic heterocycles. The fraction of sp³-hybridized carbons (Fsp3) is 0.500. The molecule has 6 heteroatoms. The third-order valence-corrected chi connectivity index (χ3v) is 3.12. The zero-order chi connectivity index (χ0) is 13.7. The topological polar surface area (TPSA) is 55.2 Å². The number of hydrogen-bond acceptors (Lipinski definition) is 3. The van der Waals surface area contributed by atoms with Crippen molar-refractivity contribution < 1.29 is 9.31 Å².